The summed E-state index contributed by atoms with van der Waals surface area (Å²) in [5.74, 6) is -12.9. The summed E-state index contributed by atoms with van der Waals surface area (Å²) in [6.07, 6.45) is -2.16. The number of para-hydroxylation sites is 1. The average molecular weight is 961 g/mol. The maximum atomic E-state index is 14.1. The standard InChI is InChI=1S/C40H60N14O14/c1-19(38(67)68)49-36(65)28(17-31(59)60)54-35(64)26(11-13-30(57)58)51-33(62)24(9-5-15-47-40(44)45)50-34(63)25(10-12-29(55)56)52-37(66)27(16-20-18-48-23-8-3-2-6-21(20)23)53-32(61)22(41)7-4-14-46-39(42)43/h2-3,6,8,18-19,22,24-28,48H,4-5,7,9-17,41H2,1H3,(H,49,65)(H,50,63)(H,51,62)(H,52,66)(H,53,61)(H,54,64)(H,55,56)(H,57,58)(H,59,60)(H,67,68)(H4,42,43,46)(H4,44,45,47)/t19-,22-,24-,25-,26-,27-,28-/m0/s1. The maximum absolute atomic E-state index is 14.1. The molecule has 0 fully saturated rings. The first-order chi connectivity index (χ1) is 32.0. The molecule has 1 aromatic heterocycles. The molecule has 2 aromatic rings. The quantitative estimate of drug-likeness (QED) is 0.0192. The number of hydrogen-bond donors (Lipinski definition) is 16. The van der Waals surface area contributed by atoms with Crippen molar-refractivity contribution < 1.29 is 68.4 Å². The fourth-order valence-electron chi connectivity index (χ4n) is 6.35. The zero-order chi connectivity index (χ0) is 51.1. The lowest BCUT2D eigenvalue weighted by Gasteiger charge is -2.27. The first kappa shape index (κ1) is 56.1. The van der Waals surface area contributed by atoms with E-state index in [-0.39, 0.29) is 50.7 Å². The second kappa shape index (κ2) is 28.1. The Hall–Kier alpha value is -8.04. The number of benzene rings is 1. The molecule has 6 amide bonds. The van der Waals surface area contributed by atoms with Gasteiger partial charge in [0.25, 0.3) is 0 Å². The molecule has 0 bridgehead atoms. The minimum atomic E-state index is -1.91. The number of H-pyrrole nitrogens is 1. The SMILES string of the molecule is C[C@H](NC(=O)[C@H](CC(=O)O)NC(=O)[C@H](CCC(=O)O)NC(=O)[C@H](CCCN=C(N)N)NC(=O)[C@H](CCC(=O)O)NC(=O)[C@H](Cc1c[nH]c2ccccc12)NC(=O)[C@@H](N)CCCN=C(N)N)C(=O)O. The van der Waals surface area contributed by atoms with Crippen LogP contribution >= 0.6 is 0 Å². The lowest BCUT2D eigenvalue weighted by molar-refractivity contribution is -0.143. The molecule has 0 aliphatic heterocycles. The molecule has 7 atom stereocenters. The summed E-state index contributed by atoms with van der Waals surface area (Å²) >= 11 is 0. The van der Waals surface area contributed by atoms with Crippen molar-refractivity contribution in [1.82, 2.24) is 36.9 Å². The van der Waals surface area contributed by atoms with Crippen LogP contribution in [0.25, 0.3) is 10.9 Å². The predicted molar refractivity (Wildman–Crippen MR) is 241 cm³/mol. The van der Waals surface area contributed by atoms with Gasteiger partial charge in [0.05, 0.1) is 12.5 Å². The highest BCUT2D eigenvalue weighted by Crippen LogP contribution is 2.20. The van der Waals surface area contributed by atoms with E-state index >= 15 is 0 Å². The summed E-state index contributed by atoms with van der Waals surface area (Å²) in [6, 6.07) is -4.09. The number of amides is 6. The van der Waals surface area contributed by atoms with Crippen LogP contribution < -0.4 is 60.6 Å². The molecule has 68 heavy (non-hydrogen) atoms. The summed E-state index contributed by atoms with van der Waals surface area (Å²) in [6.45, 7) is 1.12. The third-order valence-electron chi connectivity index (χ3n) is 9.92. The average Bonchev–Trinajstić information content (AvgIpc) is 3.67. The number of carbonyl (C=O) groups excluding carboxylic acids is 6. The number of nitrogens with zero attached hydrogens (tertiary/aromatic N) is 2. The molecule has 1 heterocycles. The zero-order valence-corrected chi connectivity index (χ0v) is 37.1. The van der Waals surface area contributed by atoms with Gasteiger partial charge in [-0.2, -0.15) is 0 Å². The van der Waals surface area contributed by atoms with Gasteiger partial charge in [-0.1, -0.05) is 18.2 Å². The number of aliphatic imine (C=N–C) groups is 2. The molecule has 28 heteroatoms. The minimum absolute atomic E-state index is 0.0258. The number of nitrogens with one attached hydrogen (secondary N) is 7. The summed E-state index contributed by atoms with van der Waals surface area (Å²) in [7, 11) is 0. The topological polar surface area (TPSA) is 494 Å². The molecular weight excluding hydrogens is 901 g/mol. The van der Waals surface area contributed by atoms with Crippen molar-refractivity contribution in [3.8, 4) is 0 Å². The number of nitrogens with two attached hydrogens (primary N) is 5. The molecule has 0 spiro atoms. The second-order valence-corrected chi connectivity index (χ2v) is 15.4. The second-order valence-electron chi connectivity index (χ2n) is 15.4. The van der Waals surface area contributed by atoms with Crippen LogP contribution in [0.15, 0.2) is 40.4 Å². The summed E-state index contributed by atoms with van der Waals surface area (Å²) in [5.41, 5.74) is 28.9. The van der Waals surface area contributed by atoms with Gasteiger partial charge in [0, 0.05) is 49.5 Å². The van der Waals surface area contributed by atoms with Crippen molar-refractivity contribution in [2.45, 2.75) is 113 Å². The van der Waals surface area contributed by atoms with Crippen molar-refractivity contribution in [1.29, 1.82) is 0 Å². The van der Waals surface area contributed by atoms with Crippen LogP contribution in [0.2, 0.25) is 0 Å². The van der Waals surface area contributed by atoms with E-state index in [1.54, 1.807) is 30.5 Å². The van der Waals surface area contributed by atoms with Gasteiger partial charge in [0.1, 0.15) is 36.3 Å². The van der Waals surface area contributed by atoms with Crippen molar-refractivity contribution in [2.24, 2.45) is 38.7 Å². The number of hydrogen-bond acceptors (Lipinski definition) is 13. The third kappa shape index (κ3) is 20.4. The van der Waals surface area contributed by atoms with E-state index in [1.807, 2.05) is 5.32 Å². The van der Waals surface area contributed by atoms with Gasteiger partial charge in [0.2, 0.25) is 35.4 Å². The van der Waals surface area contributed by atoms with Crippen LogP contribution in [0.1, 0.15) is 70.3 Å². The molecule has 0 unspecified atom stereocenters. The van der Waals surface area contributed by atoms with Gasteiger partial charge in [-0.15, -0.1) is 0 Å². The summed E-state index contributed by atoms with van der Waals surface area (Å²) < 4.78 is 0. The van der Waals surface area contributed by atoms with Crippen LogP contribution in [-0.2, 0) is 54.4 Å². The zero-order valence-electron chi connectivity index (χ0n) is 37.1. The molecule has 1 aromatic carbocycles. The molecule has 0 saturated carbocycles. The molecule has 0 radical (unpaired) electrons. The largest absolute Gasteiger partial charge is 0.481 e. The van der Waals surface area contributed by atoms with Crippen LogP contribution in [-0.4, -0.2) is 152 Å². The van der Waals surface area contributed by atoms with E-state index in [9.17, 15) is 68.4 Å². The molecule has 374 valence electrons. The van der Waals surface area contributed by atoms with Gasteiger partial charge in [-0.3, -0.25) is 57.9 Å². The highest BCUT2D eigenvalue weighted by molar-refractivity contribution is 5.98. The summed E-state index contributed by atoms with van der Waals surface area (Å²) in [4.78, 5) is 139. The number of rotatable bonds is 31. The number of carbonyl (C=O) groups is 10. The van der Waals surface area contributed by atoms with Gasteiger partial charge < -0.3 is 86.0 Å². The molecule has 0 aliphatic rings. The highest BCUT2D eigenvalue weighted by atomic mass is 16.4. The van der Waals surface area contributed by atoms with E-state index in [1.165, 1.54) is 0 Å². The van der Waals surface area contributed by atoms with Gasteiger partial charge in [0.15, 0.2) is 11.9 Å². The molecule has 0 saturated heterocycles. The Kier molecular flexibility index (Phi) is 23.2. The fourth-order valence-corrected chi connectivity index (χ4v) is 6.35. The number of guanidine groups is 2. The molecule has 28 nitrogen and oxygen atoms in total. The van der Waals surface area contributed by atoms with E-state index in [0.717, 1.165) is 6.92 Å². The number of carboxylic acids is 4. The van der Waals surface area contributed by atoms with Gasteiger partial charge in [-0.25, -0.2) is 0 Å². The normalized spacial score (nSPS) is 13.9. The first-order valence-electron chi connectivity index (χ1n) is 21.1. The molecular formula is C40H60N14O14. The van der Waals surface area contributed by atoms with Crippen LogP contribution in [0.5, 0.6) is 0 Å². The molecule has 21 N–H and O–H groups in total. The van der Waals surface area contributed by atoms with Crippen LogP contribution in [0.4, 0.5) is 0 Å². The Labute approximate surface area is 388 Å². The number of aromatic nitrogens is 1. The smallest absolute Gasteiger partial charge is 0.325 e. The van der Waals surface area contributed by atoms with Crippen LogP contribution in [0, 0.1) is 0 Å². The van der Waals surface area contributed by atoms with Crippen molar-refractivity contribution >= 4 is 82.1 Å². The van der Waals surface area contributed by atoms with E-state index < -0.39 is 134 Å². The fraction of sp³-hybridized carbons (Fsp3) is 0.500. The molecule has 2 rings (SSSR count). The van der Waals surface area contributed by atoms with Crippen molar-refractivity contribution in [2.75, 3.05) is 13.1 Å². The Morgan fingerprint density at radius 1 is 0.574 bits per heavy atom. The van der Waals surface area contributed by atoms with Crippen molar-refractivity contribution in [3.63, 3.8) is 0 Å². The number of fused-ring (bicyclic) bond motifs is 1. The maximum Gasteiger partial charge on any atom is 0.325 e. The number of aromatic amines is 1. The lowest BCUT2D eigenvalue weighted by atomic mass is 10.0. The minimum Gasteiger partial charge on any atom is -0.481 e. The van der Waals surface area contributed by atoms with Crippen molar-refractivity contribution in [3.05, 3.63) is 36.0 Å². The lowest BCUT2D eigenvalue weighted by Crippen LogP contribution is -2.60. The van der Waals surface area contributed by atoms with E-state index in [0.29, 0.717) is 22.9 Å². The number of aliphatic carboxylic acids is 4. The Morgan fingerprint density at radius 3 is 1.50 bits per heavy atom. The Morgan fingerprint density at radius 2 is 1.01 bits per heavy atom. The first-order valence-corrected chi connectivity index (χ1v) is 21.1. The van der Waals surface area contributed by atoms with Gasteiger partial charge in [-0.05, 0) is 57.1 Å². The molecule has 0 aliphatic carbocycles. The number of carboxylic acid groups (broad SMARTS) is 4. The highest BCUT2D eigenvalue weighted by Gasteiger charge is 2.34. The third-order valence-corrected chi connectivity index (χ3v) is 9.92. The Balaban J connectivity index is 2.49. The van der Waals surface area contributed by atoms with Gasteiger partial charge >= 0.3 is 23.9 Å². The van der Waals surface area contributed by atoms with Crippen LogP contribution in [0.3, 0.4) is 0 Å². The monoisotopic (exact) mass is 960 g/mol. The van der Waals surface area contributed by atoms with E-state index in [4.69, 9.17) is 28.7 Å². The predicted octanol–water partition coefficient (Wildman–Crippen LogP) is -4.64. The summed E-state index contributed by atoms with van der Waals surface area (Å²) in [5, 5.41) is 52.1. The van der Waals surface area contributed by atoms with E-state index in [2.05, 4.69) is 41.6 Å². The Bertz CT molecular complexity index is 2190.